The van der Waals surface area contributed by atoms with Gasteiger partial charge in [0.15, 0.2) is 0 Å². The van der Waals surface area contributed by atoms with Crippen molar-refractivity contribution in [1.29, 1.82) is 0 Å². The van der Waals surface area contributed by atoms with Crippen molar-refractivity contribution >= 4 is 16.9 Å². The summed E-state index contributed by atoms with van der Waals surface area (Å²) in [6.45, 7) is 3.79. The maximum absolute atomic E-state index is 12.9. The zero-order valence-corrected chi connectivity index (χ0v) is 18.4. The van der Waals surface area contributed by atoms with E-state index in [0.717, 1.165) is 12.3 Å². The highest BCUT2D eigenvalue weighted by Gasteiger charge is 2.31. The number of aromatic nitrogens is 3. The van der Waals surface area contributed by atoms with Crippen LogP contribution >= 0.6 is 0 Å². The summed E-state index contributed by atoms with van der Waals surface area (Å²) in [5.74, 6) is -0.425. The Labute approximate surface area is 192 Å². The number of carboxylic acids is 1. The normalized spacial score (nSPS) is 11.7. The first kappa shape index (κ1) is 23.1. The summed E-state index contributed by atoms with van der Waals surface area (Å²) < 4.78 is 51.3. The molecule has 0 fully saturated rings. The molecule has 0 bridgehead atoms. The molecular weight excluding hydrogens is 451 g/mol. The molecule has 0 amide bonds. The lowest BCUT2D eigenvalue weighted by Gasteiger charge is -2.13. The Bertz CT molecular complexity index is 1350. The first-order valence-corrected chi connectivity index (χ1v) is 10.2. The predicted molar refractivity (Wildman–Crippen MR) is 119 cm³/mol. The van der Waals surface area contributed by atoms with Crippen LogP contribution in [0.2, 0.25) is 0 Å². The van der Waals surface area contributed by atoms with Gasteiger partial charge in [-0.1, -0.05) is 0 Å². The van der Waals surface area contributed by atoms with Crippen molar-refractivity contribution < 1.29 is 32.5 Å². The Morgan fingerprint density at radius 2 is 1.76 bits per heavy atom. The number of nitrogens with zero attached hydrogens (tertiary/aromatic N) is 3. The van der Waals surface area contributed by atoms with E-state index in [9.17, 15) is 23.1 Å². The SMILES string of the molecule is COc1nc(-c2ccc(C(F)(F)F)cn2)cc2c1cc(C(=O)O)n2-c1ccc(OC(C)C)cc1. The van der Waals surface area contributed by atoms with E-state index >= 15 is 0 Å². The molecular formula is C24H20F3N3O4. The van der Waals surface area contributed by atoms with Crippen LogP contribution in [0.4, 0.5) is 13.2 Å². The molecule has 0 spiro atoms. The van der Waals surface area contributed by atoms with Gasteiger partial charge in [-0.2, -0.15) is 13.2 Å². The highest BCUT2D eigenvalue weighted by atomic mass is 19.4. The lowest BCUT2D eigenvalue weighted by Crippen LogP contribution is -2.08. The van der Waals surface area contributed by atoms with Crippen molar-refractivity contribution in [3.8, 4) is 28.7 Å². The smallest absolute Gasteiger partial charge is 0.417 e. The van der Waals surface area contributed by atoms with Crippen molar-refractivity contribution in [2.75, 3.05) is 7.11 Å². The van der Waals surface area contributed by atoms with Crippen molar-refractivity contribution in [2.24, 2.45) is 0 Å². The fourth-order valence-corrected chi connectivity index (χ4v) is 3.55. The molecule has 0 saturated carbocycles. The highest BCUT2D eigenvalue weighted by Crippen LogP contribution is 2.35. The molecule has 0 unspecified atom stereocenters. The number of aromatic carboxylic acids is 1. The van der Waals surface area contributed by atoms with E-state index in [1.165, 1.54) is 23.8 Å². The second kappa shape index (κ2) is 8.69. The molecule has 176 valence electrons. The van der Waals surface area contributed by atoms with Crippen LogP contribution in [-0.2, 0) is 6.18 Å². The minimum absolute atomic E-state index is 0.0260. The molecule has 0 radical (unpaired) electrons. The molecule has 1 aromatic carbocycles. The van der Waals surface area contributed by atoms with E-state index < -0.39 is 17.7 Å². The number of methoxy groups -OCH3 is 1. The van der Waals surface area contributed by atoms with Gasteiger partial charge in [-0.15, -0.1) is 0 Å². The van der Waals surface area contributed by atoms with Crippen LogP contribution in [0.5, 0.6) is 11.6 Å². The van der Waals surface area contributed by atoms with Gasteiger partial charge in [-0.3, -0.25) is 4.98 Å². The largest absolute Gasteiger partial charge is 0.491 e. The van der Waals surface area contributed by atoms with E-state index in [-0.39, 0.29) is 29.1 Å². The molecule has 10 heteroatoms. The number of fused-ring (bicyclic) bond motifs is 1. The van der Waals surface area contributed by atoms with Gasteiger partial charge in [0.2, 0.25) is 5.88 Å². The molecule has 3 aromatic heterocycles. The summed E-state index contributed by atoms with van der Waals surface area (Å²) in [5.41, 5.74) is 0.476. The monoisotopic (exact) mass is 471 g/mol. The number of alkyl halides is 3. The number of hydrogen-bond donors (Lipinski definition) is 1. The number of ether oxygens (including phenoxy) is 2. The molecule has 4 rings (SSSR count). The van der Waals surface area contributed by atoms with Gasteiger partial charge >= 0.3 is 12.1 Å². The molecule has 0 aliphatic heterocycles. The van der Waals surface area contributed by atoms with Gasteiger partial charge in [0.25, 0.3) is 0 Å². The minimum Gasteiger partial charge on any atom is -0.491 e. The van der Waals surface area contributed by atoms with Gasteiger partial charge in [0.1, 0.15) is 11.4 Å². The Morgan fingerprint density at radius 1 is 1.06 bits per heavy atom. The van der Waals surface area contributed by atoms with E-state index in [0.29, 0.717) is 22.3 Å². The summed E-state index contributed by atoms with van der Waals surface area (Å²) in [7, 11) is 1.38. The molecule has 0 aliphatic carbocycles. The van der Waals surface area contributed by atoms with E-state index in [1.54, 1.807) is 30.3 Å². The molecule has 0 atom stereocenters. The average Bonchev–Trinajstić information content (AvgIpc) is 3.18. The lowest BCUT2D eigenvalue weighted by molar-refractivity contribution is -0.137. The topological polar surface area (TPSA) is 86.5 Å². The van der Waals surface area contributed by atoms with Crippen molar-refractivity contribution in [2.45, 2.75) is 26.1 Å². The van der Waals surface area contributed by atoms with Crippen molar-refractivity contribution in [1.82, 2.24) is 14.5 Å². The Morgan fingerprint density at radius 3 is 2.29 bits per heavy atom. The zero-order valence-electron chi connectivity index (χ0n) is 18.4. The number of halogens is 3. The fourth-order valence-electron chi connectivity index (χ4n) is 3.55. The Balaban J connectivity index is 1.90. The van der Waals surface area contributed by atoms with E-state index in [4.69, 9.17) is 9.47 Å². The van der Waals surface area contributed by atoms with Gasteiger partial charge in [-0.05, 0) is 62.4 Å². The first-order chi connectivity index (χ1) is 16.1. The second-order valence-electron chi connectivity index (χ2n) is 7.71. The van der Waals surface area contributed by atoms with Crippen LogP contribution in [0, 0.1) is 0 Å². The van der Waals surface area contributed by atoms with Crippen molar-refractivity contribution in [3.63, 3.8) is 0 Å². The lowest BCUT2D eigenvalue weighted by atomic mass is 10.2. The Hall–Kier alpha value is -4.08. The third kappa shape index (κ3) is 4.39. The number of pyridine rings is 2. The zero-order chi connectivity index (χ0) is 24.6. The summed E-state index contributed by atoms with van der Waals surface area (Å²) >= 11 is 0. The third-order valence-corrected chi connectivity index (χ3v) is 5.00. The van der Waals surface area contributed by atoms with E-state index in [2.05, 4.69) is 9.97 Å². The molecule has 34 heavy (non-hydrogen) atoms. The number of benzene rings is 1. The van der Waals surface area contributed by atoms with Crippen LogP contribution in [0.25, 0.3) is 28.0 Å². The maximum atomic E-state index is 12.9. The van der Waals surface area contributed by atoms with Gasteiger partial charge in [0, 0.05) is 11.9 Å². The summed E-state index contributed by atoms with van der Waals surface area (Å²) in [6, 6.07) is 12.0. The van der Waals surface area contributed by atoms with Crippen LogP contribution < -0.4 is 9.47 Å². The average molecular weight is 471 g/mol. The van der Waals surface area contributed by atoms with Crippen LogP contribution in [0.15, 0.2) is 54.7 Å². The van der Waals surface area contributed by atoms with Crippen LogP contribution in [-0.4, -0.2) is 38.8 Å². The fraction of sp³-hybridized carbons (Fsp3) is 0.208. The molecule has 0 aliphatic rings. The number of hydrogen-bond acceptors (Lipinski definition) is 5. The molecule has 7 nitrogen and oxygen atoms in total. The quantitative estimate of drug-likeness (QED) is 0.394. The molecule has 1 N–H and O–H groups in total. The summed E-state index contributed by atoms with van der Waals surface area (Å²) in [6.07, 6.45) is -3.82. The summed E-state index contributed by atoms with van der Waals surface area (Å²) in [4.78, 5) is 20.3. The van der Waals surface area contributed by atoms with E-state index in [1.807, 2.05) is 13.8 Å². The second-order valence-corrected chi connectivity index (χ2v) is 7.71. The minimum atomic E-state index is -4.52. The van der Waals surface area contributed by atoms with Gasteiger partial charge in [-0.25, -0.2) is 9.78 Å². The van der Waals surface area contributed by atoms with Crippen LogP contribution in [0.3, 0.4) is 0 Å². The van der Waals surface area contributed by atoms with Gasteiger partial charge < -0.3 is 19.1 Å². The van der Waals surface area contributed by atoms with Gasteiger partial charge in [0.05, 0.1) is 41.1 Å². The Kier molecular flexibility index (Phi) is 5.90. The molecule has 3 heterocycles. The molecule has 0 saturated heterocycles. The number of carbonyl (C=O) groups is 1. The number of rotatable bonds is 6. The van der Waals surface area contributed by atoms with Crippen LogP contribution in [0.1, 0.15) is 29.9 Å². The predicted octanol–water partition coefficient (Wildman–Crippen LogP) is 5.60. The first-order valence-electron chi connectivity index (χ1n) is 10.2. The standard InChI is InChI=1S/C24H20F3N3O4/c1-13(2)34-16-7-5-15(6-8-16)30-20-11-19(18-9-4-14(12-28-18)24(25,26)27)29-22(33-3)17(20)10-21(30)23(31)32/h4-13H,1-3H3,(H,31,32). The number of carboxylic acid groups (broad SMARTS) is 1. The third-order valence-electron chi connectivity index (χ3n) is 5.00. The van der Waals surface area contributed by atoms with Crippen molar-refractivity contribution in [3.05, 3.63) is 66.0 Å². The highest BCUT2D eigenvalue weighted by molar-refractivity contribution is 5.99. The molecule has 4 aromatic rings. The maximum Gasteiger partial charge on any atom is 0.417 e. The summed E-state index contributed by atoms with van der Waals surface area (Å²) in [5, 5.41) is 10.3.